The highest BCUT2D eigenvalue weighted by atomic mass is 19.1. The summed E-state index contributed by atoms with van der Waals surface area (Å²) in [5.41, 5.74) is 0.641. The first kappa shape index (κ1) is 18.8. The third-order valence-corrected chi connectivity index (χ3v) is 4.45. The van der Waals surface area contributed by atoms with Crippen molar-refractivity contribution in [3.05, 3.63) is 81.1 Å². The molecule has 3 rings (SSSR count). The molecule has 140 valence electrons. The summed E-state index contributed by atoms with van der Waals surface area (Å²) in [7, 11) is 0. The minimum Gasteiger partial charge on any atom is -0.477 e. The lowest BCUT2D eigenvalue weighted by Crippen LogP contribution is -2.20. The van der Waals surface area contributed by atoms with Crippen LogP contribution in [0.15, 0.2) is 47.4 Å². The summed E-state index contributed by atoms with van der Waals surface area (Å²) >= 11 is 0. The van der Waals surface area contributed by atoms with Crippen LogP contribution in [0.2, 0.25) is 0 Å². The number of halogens is 2. The molecule has 0 spiro atoms. The number of rotatable bonds is 3. The average molecular weight is 371 g/mol. The summed E-state index contributed by atoms with van der Waals surface area (Å²) in [5.74, 6) is -2.78. The van der Waals surface area contributed by atoms with Gasteiger partial charge in [0, 0.05) is 24.2 Å². The topological polar surface area (TPSA) is 59.3 Å². The molecule has 0 radical (unpaired) electrons. The van der Waals surface area contributed by atoms with Crippen LogP contribution in [-0.4, -0.2) is 15.6 Å². The first-order valence-electron chi connectivity index (χ1n) is 8.42. The normalized spacial score (nSPS) is 11.7. The molecule has 0 aliphatic heterocycles. The van der Waals surface area contributed by atoms with Crippen molar-refractivity contribution < 1.29 is 18.7 Å². The molecule has 0 fully saturated rings. The maximum atomic E-state index is 13.5. The molecule has 0 saturated heterocycles. The summed E-state index contributed by atoms with van der Waals surface area (Å²) < 4.78 is 28.6. The van der Waals surface area contributed by atoms with Crippen LogP contribution in [0.4, 0.5) is 8.78 Å². The van der Waals surface area contributed by atoms with Crippen molar-refractivity contribution in [2.24, 2.45) is 0 Å². The zero-order chi connectivity index (χ0) is 19.9. The molecule has 6 heteroatoms. The van der Waals surface area contributed by atoms with Crippen molar-refractivity contribution in [2.75, 3.05) is 0 Å². The minimum absolute atomic E-state index is 0.0271. The van der Waals surface area contributed by atoms with E-state index in [0.29, 0.717) is 11.1 Å². The molecule has 0 saturated carbocycles. The van der Waals surface area contributed by atoms with Gasteiger partial charge in [0.1, 0.15) is 17.2 Å². The molecule has 0 unspecified atom stereocenters. The summed E-state index contributed by atoms with van der Waals surface area (Å²) in [5, 5.41) is 9.60. The van der Waals surface area contributed by atoms with E-state index in [1.165, 1.54) is 18.3 Å². The minimum atomic E-state index is -1.35. The highest BCUT2D eigenvalue weighted by Gasteiger charge is 2.19. The zero-order valence-corrected chi connectivity index (χ0v) is 15.2. The Morgan fingerprint density at radius 2 is 1.70 bits per heavy atom. The summed E-state index contributed by atoms with van der Waals surface area (Å²) in [4.78, 5) is 24.0. The molecule has 1 N–H and O–H groups in total. The maximum Gasteiger partial charge on any atom is 0.341 e. The van der Waals surface area contributed by atoms with Crippen LogP contribution in [0, 0.1) is 11.6 Å². The molecule has 0 aliphatic rings. The van der Waals surface area contributed by atoms with Crippen LogP contribution in [-0.2, 0) is 12.0 Å². The first-order valence-corrected chi connectivity index (χ1v) is 8.42. The number of aromatic carboxylic acids is 1. The molecule has 27 heavy (non-hydrogen) atoms. The highest BCUT2D eigenvalue weighted by Crippen LogP contribution is 2.26. The van der Waals surface area contributed by atoms with E-state index in [2.05, 4.69) is 0 Å². The Hall–Kier alpha value is -3.02. The Morgan fingerprint density at radius 1 is 1.07 bits per heavy atom. The van der Waals surface area contributed by atoms with E-state index in [1.54, 1.807) is 16.7 Å². The van der Waals surface area contributed by atoms with Gasteiger partial charge in [-0.1, -0.05) is 26.8 Å². The van der Waals surface area contributed by atoms with E-state index in [-0.39, 0.29) is 22.9 Å². The second-order valence-corrected chi connectivity index (χ2v) is 7.56. The van der Waals surface area contributed by atoms with Crippen molar-refractivity contribution >= 4 is 16.9 Å². The number of nitrogens with zero attached hydrogens (tertiary/aromatic N) is 1. The molecule has 4 nitrogen and oxygen atoms in total. The van der Waals surface area contributed by atoms with Crippen molar-refractivity contribution in [3.63, 3.8) is 0 Å². The number of pyridine rings is 1. The van der Waals surface area contributed by atoms with Crippen LogP contribution in [0.3, 0.4) is 0 Å². The van der Waals surface area contributed by atoms with Gasteiger partial charge in [-0.3, -0.25) is 4.79 Å². The Bertz CT molecular complexity index is 1090. The molecular weight excluding hydrogens is 352 g/mol. The van der Waals surface area contributed by atoms with Crippen LogP contribution in [0.25, 0.3) is 10.9 Å². The number of fused-ring (bicyclic) bond motifs is 1. The molecule has 0 atom stereocenters. The van der Waals surface area contributed by atoms with Crippen molar-refractivity contribution in [1.29, 1.82) is 0 Å². The SMILES string of the molecule is CC(C)(C)c1ccc2c(=O)c(C(=O)O)cn(Cc3cc(F)cc(F)c3)c2c1. The fourth-order valence-corrected chi connectivity index (χ4v) is 3.04. The number of carboxylic acid groups (broad SMARTS) is 1. The summed E-state index contributed by atoms with van der Waals surface area (Å²) in [6.45, 7) is 6.08. The van der Waals surface area contributed by atoms with E-state index in [4.69, 9.17) is 0 Å². The number of hydrogen-bond acceptors (Lipinski definition) is 2. The largest absolute Gasteiger partial charge is 0.477 e. The Kier molecular flexibility index (Phi) is 4.59. The van der Waals surface area contributed by atoms with E-state index in [1.807, 2.05) is 26.8 Å². The van der Waals surface area contributed by atoms with Gasteiger partial charge in [0.25, 0.3) is 0 Å². The molecule has 3 aromatic rings. The third kappa shape index (κ3) is 3.74. The number of carbonyl (C=O) groups is 1. The third-order valence-electron chi connectivity index (χ3n) is 4.45. The second-order valence-electron chi connectivity index (χ2n) is 7.56. The predicted molar refractivity (Wildman–Crippen MR) is 99.3 cm³/mol. The van der Waals surface area contributed by atoms with Gasteiger partial charge in [-0.25, -0.2) is 13.6 Å². The van der Waals surface area contributed by atoms with Crippen LogP contribution >= 0.6 is 0 Å². The fourth-order valence-electron chi connectivity index (χ4n) is 3.04. The quantitative estimate of drug-likeness (QED) is 0.746. The Morgan fingerprint density at radius 3 is 2.26 bits per heavy atom. The van der Waals surface area contributed by atoms with Gasteiger partial charge in [-0.05, 0) is 40.8 Å². The molecule has 1 aromatic heterocycles. The first-order chi connectivity index (χ1) is 12.6. The van der Waals surface area contributed by atoms with E-state index >= 15 is 0 Å². The highest BCUT2D eigenvalue weighted by molar-refractivity contribution is 5.92. The van der Waals surface area contributed by atoms with Gasteiger partial charge in [0.15, 0.2) is 0 Å². The fraction of sp³-hybridized carbons (Fsp3) is 0.238. The molecule has 0 aliphatic carbocycles. The molecular formula is C21H19F2NO3. The number of aromatic nitrogens is 1. The van der Waals surface area contributed by atoms with Gasteiger partial charge in [-0.2, -0.15) is 0 Å². The molecule has 0 bridgehead atoms. The molecule has 2 aromatic carbocycles. The number of carboxylic acids is 1. The van der Waals surface area contributed by atoms with Gasteiger partial charge in [0.2, 0.25) is 5.43 Å². The lowest BCUT2D eigenvalue weighted by molar-refractivity contribution is 0.0695. The number of benzene rings is 2. The van der Waals surface area contributed by atoms with Crippen molar-refractivity contribution in [1.82, 2.24) is 4.57 Å². The van der Waals surface area contributed by atoms with Gasteiger partial charge < -0.3 is 9.67 Å². The van der Waals surface area contributed by atoms with Gasteiger partial charge in [-0.15, -0.1) is 0 Å². The monoisotopic (exact) mass is 371 g/mol. The van der Waals surface area contributed by atoms with Crippen molar-refractivity contribution in [3.8, 4) is 0 Å². The van der Waals surface area contributed by atoms with E-state index < -0.39 is 23.0 Å². The Labute approximate surface area is 154 Å². The predicted octanol–water partition coefficient (Wildman–Crippen LogP) is 4.32. The van der Waals surface area contributed by atoms with E-state index in [9.17, 15) is 23.5 Å². The maximum absolute atomic E-state index is 13.5. The standard InChI is InChI=1S/C21H19F2NO3/c1-21(2,3)13-4-5-16-18(8-13)24(11-17(19(16)25)20(26)27)10-12-6-14(22)9-15(23)7-12/h4-9,11H,10H2,1-3H3,(H,26,27). The van der Waals surface area contributed by atoms with Gasteiger partial charge in [0.05, 0.1) is 5.52 Å². The Balaban J connectivity index is 2.28. The molecule has 1 heterocycles. The van der Waals surface area contributed by atoms with Crippen LogP contribution in [0.5, 0.6) is 0 Å². The lowest BCUT2D eigenvalue weighted by Gasteiger charge is -2.21. The summed E-state index contributed by atoms with van der Waals surface area (Å²) in [6, 6.07) is 8.35. The average Bonchev–Trinajstić information content (AvgIpc) is 2.55. The molecule has 0 amide bonds. The smallest absolute Gasteiger partial charge is 0.341 e. The van der Waals surface area contributed by atoms with Gasteiger partial charge >= 0.3 is 5.97 Å². The van der Waals surface area contributed by atoms with E-state index in [0.717, 1.165) is 11.6 Å². The zero-order valence-electron chi connectivity index (χ0n) is 15.2. The second kappa shape index (κ2) is 6.61. The van der Waals surface area contributed by atoms with Crippen molar-refractivity contribution in [2.45, 2.75) is 32.7 Å². The lowest BCUT2D eigenvalue weighted by atomic mass is 9.86. The van der Waals surface area contributed by atoms with Crippen LogP contribution in [0.1, 0.15) is 42.3 Å². The number of hydrogen-bond donors (Lipinski definition) is 1. The van der Waals surface area contributed by atoms with Crippen LogP contribution < -0.4 is 5.43 Å². The summed E-state index contributed by atoms with van der Waals surface area (Å²) in [6.07, 6.45) is 1.22.